The Balaban J connectivity index is 1.17. The van der Waals surface area contributed by atoms with Crippen LogP contribution in [0.25, 0.3) is 0 Å². The molecule has 1 N–H and O–H groups in total. The van der Waals surface area contributed by atoms with Crippen molar-refractivity contribution in [2.45, 2.75) is 38.8 Å². The average Bonchev–Trinajstić information content (AvgIpc) is 3.43. The van der Waals surface area contributed by atoms with Gasteiger partial charge in [-0.1, -0.05) is 83.9 Å². The number of ether oxygens (including phenoxy) is 1. The van der Waals surface area contributed by atoms with Gasteiger partial charge in [0.05, 0.1) is 11.7 Å². The lowest BCUT2D eigenvalue weighted by Crippen LogP contribution is -2.29. The molecule has 0 saturated carbocycles. The van der Waals surface area contributed by atoms with Gasteiger partial charge in [-0.05, 0) is 73.2 Å². The summed E-state index contributed by atoms with van der Waals surface area (Å²) in [7, 11) is 0. The van der Waals surface area contributed by atoms with Crippen molar-refractivity contribution in [2.75, 3.05) is 5.32 Å². The molecule has 0 aromatic heterocycles. The predicted molar refractivity (Wildman–Crippen MR) is 153 cm³/mol. The van der Waals surface area contributed by atoms with Crippen molar-refractivity contribution in [2.24, 2.45) is 10.9 Å². The fourth-order valence-electron chi connectivity index (χ4n) is 5.52. The van der Waals surface area contributed by atoms with E-state index in [2.05, 4.69) is 98.0 Å². The summed E-state index contributed by atoms with van der Waals surface area (Å²) in [6.07, 6.45) is 7.75. The zero-order valence-corrected chi connectivity index (χ0v) is 21.4. The maximum absolute atomic E-state index is 6.12. The molecule has 0 saturated heterocycles. The number of para-hydroxylation sites is 1. The molecule has 0 fully saturated rings. The van der Waals surface area contributed by atoms with Gasteiger partial charge in [0.1, 0.15) is 12.4 Å². The summed E-state index contributed by atoms with van der Waals surface area (Å²) >= 11 is 0. The fraction of sp³-hybridized carbons (Fsp3) is 0.206. The number of fused-ring (bicyclic) bond motifs is 3. The smallest absolute Gasteiger partial charge is 0.128 e. The van der Waals surface area contributed by atoms with Crippen molar-refractivity contribution in [3.8, 4) is 5.75 Å². The molecule has 1 aliphatic heterocycles. The fourth-order valence-corrected chi connectivity index (χ4v) is 5.52. The summed E-state index contributed by atoms with van der Waals surface area (Å²) in [5, 5.41) is 3.83. The van der Waals surface area contributed by atoms with Gasteiger partial charge in [-0.15, -0.1) is 0 Å². The van der Waals surface area contributed by atoms with Crippen LogP contribution >= 0.6 is 0 Å². The van der Waals surface area contributed by atoms with Crippen LogP contribution < -0.4 is 10.1 Å². The molecule has 0 amide bonds. The van der Waals surface area contributed by atoms with E-state index in [0.717, 1.165) is 29.0 Å². The van der Waals surface area contributed by atoms with Gasteiger partial charge in [0.25, 0.3) is 0 Å². The van der Waals surface area contributed by atoms with Crippen LogP contribution in [0.5, 0.6) is 5.75 Å². The van der Waals surface area contributed by atoms with Gasteiger partial charge in [0.15, 0.2) is 0 Å². The highest BCUT2D eigenvalue weighted by molar-refractivity contribution is 5.85. The molecule has 2 aliphatic rings. The normalized spacial score (nSPS) is 19.9. The second kappa shape index (κ2) is 10.1. The molecule has 3 atom stereocenters. The summed E-state index contributed by atoms with van der Waals surface area (Å²) in [5.74, 6) is 1.86. The third-order valence-corrected chi connectivity index (χ3v) is 7.56. The number of nitrogens with zero attached hydrogens (tertiary/aromatic N) is 1. The van der Waals surface area contributed by atoms with E-state index in [1.165, 1.54) is 27.9 Å². The van der Waals surface area contributed by atoms with Gasteiger partial charge in [0.2, 0.25) is 0 Å². The van der Waals surface area contributed by atoms with Gasteiger partial charge in [0, 0.05) is 23.4 Å². The van der Waals surface area contributed by atoms with Crippen LogP contribution in [0.2, 0.25) is 0 Å². The number of allylic oxidation sites excluding steroid dienone is 2. The van der Waals surface area contributed by atoms with E-state index in [9.17, 15) is 0 Å². The zero-order valence-electron chi connectivity index (χ0n) is 21.4. The number of aliphatic imine (C=N–C) groups is 1. The molecule has 0 spiro atoms. The van der Waals surface area contributed by atoms with E-state index < -0.39 is 0 Å². The molecule has 6 rings (SSSR count). The van der Waals surface area contributed by atoms with Crippen molar-refractivity contribution in [1.82, 2.24) is 0 Å². The Kier molecular flexibility index (Phi) is 6.36. The molecule has 184 valence electrons. The van der Waals surface area contributed by atoms with E-state index in [-0.39, 0.29) is 0 Å². The standard InChI is InChI=1S/C34H32N2O/c1-23-10-13-25(14-11-23)22-37-33-9-4-3-6-27(33)21-35-28-17-15-26(16-18-28)34-30-8-5-7-29(30)31-20-24(2)12-19-32(31)36-34/h3-7,9-21,29-30,34,36H,8,22H2,1-2H3/t29-,30-,34+/m1/s1. The molecule has 0 unspecified atom stereocenters. The summed E-state index contributed by atoms with van der Waals surface area (Å²) in [6.45, 7) is 4.80. The van der Waals surface area contributed by atoms with Crippen LogP contribution in [-0.2, 0) is 6.61 Å². The molecular formula is C34H32N2O. The lowest BCUT2D eigenvalue weighted by molar-refractivity contribution is 0.306. The van der Waals surface area contributed by atoms with Gasteiger partial charge < -0.3 is 10.1 Å². The third kappa shape index (κ3) is 4.95. The predicted octanol–water partition coefficient (Wildman–Crippen LogP) is 8.46. The molecule has 0 radical (unpaired) electrons. The first-order valence-corrected chi connectivity index (χ1v) is 13.1. The van der Waals surface area contributed by atoms with Crippen LogP contribution in [-0.4, -0.2) is 6.21 Å². The quantitative estimate of drug-likeness (QED) is 0.220. The summed E-state index contributed by atoms with van der Waals surface area (Å²) < 4.78 is 6.12. The highest BCUT2D eigenvalue weighted by atomic mass is 16.5. The van der Waals surface area contributed by atoms with Crippen LogP contribution in [0.15, 0.2) is 108 Å². The Morgan fingerprint density at radius 2 is 1.68 bits per heavy atom. The third-order valence-electron chi connectivity index (χ3n) is 7.56. The van der Waals surface area contributed by atoms with E-state index in [1.807, 2.05) is 30.5 Å². The molecule has 4 aromatic carbocycles. The first kappa shape index (κ1) is 23.3. The Morgan fingerprint density at radius 1 is 0.892 bits per heavy atom. The van der Waals surface area contributed by atoms with Crippen molar-refractivity contribution in [3.05, 3.63) is 137 Å². The lowest BCUT2D eigenvalue weighted by Gasteiger charge is -2.37. The second-order valence-corrected chi connectivity index (χ2v) is 10.2. The number of aryl methyl sites for hydroxylation is 2. The molecule has 0 bridgehead atoms. The topological polar surface area (TPSA) is 33.6 Å². The summed E-state index contributed by atoms with van der Waals surface area (Å²) in [5.41, 5.74) is 9.63. The van der Waals surface area contributed by atoms with Crippen LogP contribution in [0.3, 0.4) is 0 Å². The maximum Gasteiger partial charge on any atom is 0.128 e. The molecule has 37 heavy (non-hydrogen) atoms. The Bertz CT molecular complexity index is 1450. The molecule has 1 heterocycles. The van der Waals surface area contributed by atoms with Gasteiger partial charge in [-0.2, -0.15) is 0 Å². The zero-order chi connectivity index (χ0) is 25.2. The Morgan fingerprint density at radius 3 is 2.51 bits per heavy atom. The number of anilines is 1. The van der Waals surface area contributed by atoms with Crippen molar-refractivity contribution >= 4 is 17.6 Å². The van der Waals surface area contributed by atoms with E-state index in [0.29, 0.717) is 24.5 Å². The number of hydrogen-bond donors (Lipinski definition) is 1. The van der Waals surface area contributed by atoms with Gasteiger partial charge >= 0.3 is 0 Å². The van der Waals surface area contributed by atoms with E-state index in [4.69, 9.17) is 9.73 Å². The first-order chi connectivity index (χ1) is 18.1. The largest absolute Gasteiger partial charge is 0.488 e. The number of hydrogen-bond acceptors (Lipinski definition) is 3. The van der Waals surface area contributed by atoms with Crippen LogP contribution in [0.4, 0.5) is 11.4 Å². The number of rotatable bonds is 6. The summed E-state index contributed by atoms with van der Waals surface area (Å²) in [4.78, 5) is 4.76. The number of nitrogens with one attached hydrogen (secondary N) is 1. The maximum atomic E-state index is 6.12. The average molecular weight is 485 g/mol. The molecule has 1 aliphatic carbocycles. The minimum atomic E-state index is 0.295. The Labute approximate surface area is 219 Å². The lowest BCUT2D eigenvalue weighted by atomic mass is 9.76. The monoisotopic (exact) mass is 484 g/mol. The Hall–Kier alpha value is -4.11. The number of benzene rings is 4. The first-order valence-electron chi connectivity index (χ1n) is 13.1. The highest BCUT2D eigenvalue weighted by Crippen LogP contribution is 2.50. The SMILES string of the molecule is Cc1ccc(COc2ccccc2C=Nc2ccc([C@@H]3Nc4ccc(C)cc4[C@@H]4C=CC[C@H]43)cc2)cc1. The second-order valence-electron chi connectivity index (χ2n) is 10.2. The molecule has 3 heteroatoms. The van der Waals surface area contributed by atoms with E-state index in [1.54, 1.807) is 0 Å². The minimum absolute atomic E-state index is 0.295. The highest BCUT2D eigenvalue weighted by Gasteiger charge is 2.37. The summed E-state index contributed by atoms with van der Waals surface area (Å²) in [6, 6.07) is 32.2. The van der Waals surface area contributed by atoms with Crippen LogP contribution in [0, 0.1) is 19.8 Å². The van der Waals surface area contributed by atoms with Crippen molar-refractivity contribution in [3.63, 3.8) is 0 Å². The van der Waals surface area contributed by atoms with E-state index >= 15 is 0 Å². The van der Waals surface area contributed by atoms with Crippen molar-refractivity contribution in [1.29, 1.82) is 0 Å². The minimum Gasteiger partial charge on any atom is -0.488 e. The van der Waals surface area contributed by atoms with Gasteiger partial charge in [-0.25, -0.2) is 0 Å². The van der Waals surface area contributed by atoms with Crippen molar-refractivity contribution < 1.29 is 4.74 Å². The van der Waals surface area contributed by atoms with Gasteiger partial charge in [-0.3, -0.25) is 4.99 Å². The molecule has 4 aromatic rings. The molecule has 3 nitrogen and oxygen atoms in total. The van der Waals surface area contributed by atoms with Crippen LogP contribution in [0.1, 0.15) is 51.8 Å². The molecular weight excluding hydrogens is 452 g/mol.